The van der Waals surface area contributed by atoms with Gasteiger partial charge in [-0.2, -0.15) is 0 Å². The van der Waals surface area contributed by atoms with Gasteiger partial charge in [0.2, 0.25) is 5.91 Å². The second-order valence-corrected chi connectivity index (χ2v) is 4.37. The van der Waals surface area contributed by atoms with Crippen molar-refractivity contribution in [2.45, 2.75) is 19.4 Å². The summed E-state index contributed by atoms with van der Waals surface area (Å²) in [6.07, 6.45) is 4.10. The van der Waals surface area contributed by atoms with Crippen LogP contribution in [0.1, 0.15) is 18.5 Å². The van der Waals surface area contributed by atoms with Gasteiger partial charge in [0.25, 0.3) is 0 Å². The number of amides is 1. The maximum absolute atomic E-state index is 11.8. The topological polar surface area (TPSA) is 46.1 Å². The largest absolute Gasteiger partial charge is 0.353 e. The fourth-order valence-corrected chi connectivity index (χ4v) is 2.08. The van der Waals surface area contributed by atoms with E-state index < -0.39 is 0 Å². The zero-order valence-electron chi connectivity index (χ0n) is 9.70. The molecule has 1 saturated heterocycles. The van der Waals surface area contributed by atoms with E-state index >= 15 is 0 Å². The number of aromatic nitrogens is 1. The second kappa shape index (κ2) is 5.16. The average molecular weight is 221 g/mol. The predicted octanol–water partition coefficient (Wildman–Crippen LogP) is 0.641. The fraction of sp³-hybridized carbons (Fsp3) is 0.583. The standard InChI is InChI=1S/C12H19N3O/c1-15-7-3-5-11(15)9-14-12(16)10-4-2-6-13-8-10/h3,5,7,10,13H,2,4,6,8-9H2,1H3,(H,14,16)/t10-/m0/s1. The van der Waals surface area contributed by atoms with Crippen LogP contribution in [0.5, 0.6) is 0 Å². The van der Waals surface area contributed by atoms with Crippen molar-refractivity contribution in [1.29, 1.82) is 0 Å². The molecule has 1 aliphatic heterocycles. The molecule has 1 aromatic rings. The number of piperidine rings is 1. The first-order valence-corrected chi connectivity index (χ1v) is 5.86. The van der Waals surface area contributed by atoms with Crippen molar-refractivity contribution in [3.05, 3.63) is 24.0 Å². The second-order valence-electron chi connectivity index (χ2n) is 4.37. The van der Waals surface area contributed by atoms with Crippen molar-refractivity contribution in [2.24, 2.45) is 13.0 Å². The molecule has 0 aromatic carbocycles. The highest BCUT2D eigenvalue weighted by Gasteiger charge is 2.20. The van der Waals surface area contributed by atoms with Gasteiger partial charge in [-0.3, -0.25) is 4.79 Å². The Morgan fingerprint density at radius 3 is 3.19 bits per heavy atom. The van der Waals surface area contributed by atoms with E-state index in [9.17, 15) is 4.79 Å². The molecule has 2 heterocycles. The molecule has 4 nitrogen and oxygen atoms in total. The number of carbonyl (C=O) groups excluding carboxylic acids is 1. The quantitative estimate of drug-likeness (QED) is 0.787. The summed E-state index contributed by atoms with van der Waals surface area (Å²) in [7, 11) is 1.99. The van der Waals surface area contributed by atoms with Crippen LogP contribution in [-0.4, -0.2) is 23.6 Å². The number of nitrogens with zero attached hydrogens (tertiary/aromatic N) is 1. The van der Waals surface area contributed by atoms with Crippen molar-refractivity contribution >= 4 is 5.91 Å². The molecular weight excluding hydrogens is 202 g/mol. The SMILES string of the molecule is Cn1cccc1CNC(=O)[C@H]1CCCNC1. The molecule has 16 heavy (non-hydrogen) atoms. The number of rotatable bonds is 3. The van der Waals surface area contributed by atoms with E-state index in [1.54, 1.807) is 0 Å². The van der Waals surface area contributed by atoms with Gasteiger partial charge in [-0.1, -0.05) is 0 Å². The Kier molecular flexibility index (Phi) is 3.62. The molecule has 1 fully saturated rings. The van der Waals surface area contributed by atoms with E-state index in [1.165, 1.54) is 0 Å². The van der Waals surface area contributed by atoms with E-state index in [-0.39, 0.29) is 11.8 Å². The summed E-state index contributed by atoms with van der Waals surface area (Å²) >= 11 is 0. The van der Waals surface area contributed by atoms with Crippen LogP contribution in [0, 0.1) is 5.92 Å². The lowest BCUT2D eigenvalue weighted by Crippen LogP contribution is -2.40. The summed E-state index contributed by atoms with van der Waals surface area (Å²) in [5.41, 5.74) is 1.14. The molecule has 0 unspecified atom stereocenters. The van der Waals surface area contributed by atoms with Crippen molar-refractivity contribution in [2.75, 3.05) is 13.1 Å². The number of hydrogen-bond acceptors (Lipinski definition) is 2. The zero-order valence-corrected chi connectivity index (χ0v) is 9.70. The Hall–Kier alpha value is -1.29. The van der Waals surface area contributed by atoms with E-state index in [1.807, 2.05) is 29.9 Å². The van der Waals surface area contributed by atoms with Crippen LogP contribution in [-0.2, 0) is 18.4 Å². The maximum atomic E-state index is 11.8. The molecule has 0 aliphatic carbocycles. The molecular formula is C12H19N3O. The molecule has 2 N–H and O–H groups in total. The highest BCUT2D eigenvalue weighted by atomic mass is 16.1. The molecule has 4 heteroatoms. The Bertz CT molecular complexity index is 353. The number of hydrogen-bond donors (Lipinski definition) is 2. The Balaban J connectivity index is 1.81. The molecule has 88 valence electrons. The summed E-state index contributed by atoms with van der Waals surface area (Å²) in [6, 6.07) is 4.02. The molecule has 1 amide bonds. The van der Waals surface area contributed by atoms with Gasteiger partial charge < -0.3 is 15.2 Å². The van der Waals surface area contributed by atoms with Gasteiger partial charge in [0.05, 0.1) is 12.5 Å². The van der Waals surface area contributed by atoms with Crippen molar-refractivity contribution < 1.29 is 4.79 Å². The molecule has 1 atom stereocenters. The monoisotopic (exact) mass is 221 g/mol. The van der Waals surface area contributed by atoms with Crippen LogP contribution < -0.4 is 10.6 Å². The molecule has 1 aromatic heterocycles. The van der Waals surface area contributed by atoms with Gasteiger partial charge in [0.1, 0.15) is 0 Å². The maximum Gasteiger partial charge on any atom is 0.224 e. The van der Waals surface area contributed by atoms with Gasteiger partial charge in [-0.05, 0) is 31.5 Å². The van der Waals surface area contributed by atoms with Gasteiger partial charge in [0.15, 0.2) is 0 Å². The van der Waals surface area contributed by atoms with Crippen molar-refractivity contribution in [3.63, 3.8) is 0 Å². The molecule has 2 rings (SSSR count). The fourth-order valence-electron chi connectivity index (χ4n) is 2.08. The van der Waals surface area contributed by atoms with Crippen molar-refractivity contribution in [3.8, 4) is 0 Å². The van der Waals surface area contributed by atoms with Crippen LogP contribution in [0.3, 0.4) is 0 Å². The predicted molar refractivity (Wildman–Crippen MR) is 62.9 cm³/mol. The van der Waals surface area contributed by atoms with Crippen LogP contribution in [0.4, 0.5) is 0 Å². The van der Waals surface area contributed by atoms with Gasteiger partial charge in [-0.15, -0.1) is 0 Å². The minimum atomic E-state index is 0.147. The minimum Gasteiger partial charge on any atom is -0.353 e. The number of nitrogens with one attached hydrogen (secondary N) is 2. The van der Waals surface area contributed by atoms with E-state index in [0.29, 0.717) is 6.54 Å². The summed E-state index contributed by atoms with van der Waals surface area (Å²) in [4.78, 5) is 11.8. The lowest BCUT2D eigenvalue weighted by Gasteiger charge is -2.21. The summed E-state index contributed by atoms with van der Waals surface area (Å²) in [5, 5.41) is 6.25. The first kappa shape index (κ1) is 11.2. The zero-order chi connectivity index (χ0) is 11.4. The smallest absolute Gasteiger partial charge is 0.224 e. The lowest BCUT2D eigenvalue weighted by molar-refractivity contribution is -0.125. The molecule has 0 radical (unpaired) electrons. The summed E-state index contributed by atoms with van der Waals surface area (Å²) in [5.74, 6) is 0.322. The summed E-state index contributed by atoms with van der Waals surface area (Å²) in [6.45, 7) is 2.49. The average Bonchev–Trinajstić information content (AvgIpc) is 2.73. The Labute approximate surface area is 96.0 Å². The number of carbonyl (C=O) groups is 1. The molecule has 0 saturated carbocycles. The van der Waals surface area contributed by atoms with Gasteiger partial charge in [-0.25, -0.2) is 0 Å². The van der Waals surface area contributed by atoms with E-state index in [2.05, 4.69) is 10.6 Å². The minimum absolute atomic E-state index is 0.147. The third kappa shape index (κ3) is 2.64. The number of aryl methyl sites for hydroxylation is 1. The third-order valence-electron chi connectivity index (χ3n) is 3.16. The highest BCUT2D eigenvalue weighted by Crippen LogP contribution is 2.10. The highest BCUT2D eigenvalue weighted by molar-refractivity contribution is 5.78. The van der Waals surface area contributed by atoms with Crippen LogP contribution >= 0.6 is 0 Å². The van der Waals surface area contributed by atoms with E-state index in [4.69, 9.17) is 0 Å². The van der Waals surface area contributed by atoms with Crippen LogP contribution in [0.2, 0.25) is 0 Å². The van der Waals surface area contributed by atoms with Crippen LogP contribution in [0.25, 0.3) is 0 Å². The molecule has 1 aliphatic rings. The Morgan fingerprint density at radius 2 is 2.56 bits per heavy atom. The normalized spacial score (nSPS) is 20.7. The van der Waals surface area contributed by atoms with Gasteiger partial charge in [0, 0.05) is 25.5 Å². The first-order chi connectivity index (χ1) is 7.77. The van der Waals surface area contributed by atoms with Crippen molar-refractivity contribution in [1.82, 2.24) is 15.2 Å². The Morgan fingerprint density at radius 1 is 1.69 bits per heavy atom. The molecule has 0 spiro atoms. The summed E-state index contributed by atoms with van der Waals surface area (Å²) < 4.78 is 2.03. The van der Waals surface area contributed by atoms with Gasteiger partial charge >= 0.3 is 0 Å². The third-order valence-corrected chi connectivity index (χ3v) is 3.16. The van der Waals surface area contributed by atoms with Crippen LogP contribution in [0.15, 0.2) is 18.3 Å². The van der Waals surface area contributed by atoms with E-state index in [0.717, 1.165) is 31.6 Å². The molecule has 0 bridgehead atoms. The lowest BCUT2D eigenvalue weighted by atomic mass is 9.99. The first-order valence-electron chi connectivity index (χ1n) is 5.86.